The molecule has 0 aliphatic carbocycles. The van der Waals surface area contributed by atoms with Crippen molar-refractivity contribution in [1.29, 1.82) is 0 Å². The molecule has 0 amide bonds. The van der Waals surface area contributed by atoms with Gasteiger partial charge in [-0.3, -0.25) is 9.80 Å². The zero-order valence-electron chi connectivity index (χ0n) is 11.3. The number of nitrogens with zero attached hydrogens (tertiary/aromatic N) is 2. The smallest absolute Gasteiger partial charge is 0.106 e. The minimum absolute atomic E-state index is 0.0505. The Balaban J connectivity index is 1.59. The van der Waals surface area contributed by atoms with Crippen molar-refractivity contribution >= 4 is 0 Å². The van der Waals surface area contributed by atoms with Crippen molar-refractivity contribution in [3.63, 3.8) is 0 Å². The predicted octanol–water partition coefficient (Wildman–Crippen LogP) is 1.11. The third-order valence-corrected chi connectivity index (χ3v) is 4.32. The largest absolute Gasteiger partial charge is 0.314 e. The number of alkyl halides is 1. The van der Waals surface area contributed by atoms with Crippen LogP contribution < -0.4 is 5.32 Å². The summed E-state index contributed by atoms with van der Waals surface area (Å²) < 4.78 is 13.3. The Labute approximate surface area is 114 Å². The molecule has 0 saturated carbocycles. The number of nitrogens with one attached hydrogen (secondary N) is 1. The van der Waals surface area contributed by atoms with E-state index in [1.54, 1.807) is 0 Å². The summed E-state index contributed by atoms with van der Waals surface area (Å²) in [7, 11) is 0. The molecular weight excluding hydrogens is 241 g/mol. The van der Waals surface area contributed by atoms with E-state index >= 15 is 0 Å². The molecule has 0 unspecified atom stereocenters. The molecule has 1 N–H and O–H groups in total. The standard InChI is InChI=1S/C15H22FN3/c16-8-14-12-19(15-9-17-10-15)7-6-18(14)11-13-4-2-1-3-5-13/h1-5,14-15,17H,6-12H2/t14-/m0/s1. The lowest BCUT2D eigenvalue weighted by Gasteiger charge is -2.46. The Morgan fingerprint density at radius 3 is 2.58 bits per heavy atom. The number of piperazine rings is 1. The predicted molar refractivity (Wildman–Crippen MR) is 74.8 cm³/mol. The van der Waals surface area contributed by atoms with Gasteiger partial charge in [0.2, 0.25) is 0 Å². The van der Waals surface area contributed by atoms with Crippen LogP contribution in [0.1, 0.15) is 5.56 Å². The molecule has 2 aliphatic heterocycles. The number of hydrogen-bond acceptors (Lipinski definition) is 3. The zero-order valence-corrected chi connectivity index (χ0v) is 11.3. The lowest BCUT2D eigenvalue weighted by Crippen LogP contribution is -2.64. The van der Waals surface area contributed by atoms with Crippen molar-refractivity contribution < 1.29 is 4.39 Å². The van der Waals surface area contributed by atoms with E-state index in [9.17, 15) is 4.39 Å². The van der Waals surface area contributed by atoms with Gasteiger partial charge in [-0.05, 0) is 5.56 Å². The van der Waals surface area contributed by atoms with Crippen LogP contribution >= 0.6 is 0 Å². The van der Waals surface area contributed by atoms with Gasteiger partial charge in [0.25, 0.3) is 0 Å². The first kappa shape index (κ1) is 13.0. The topological polar surface area (TPSA) is 18.5 Å². The monoisotopic (exact) mass is 263 g/mol. The molecule has 2 aliphatic rings. The molecule has 1 aromatic rings. The van der Waals surface area contributed by atoms with Crippen LogP contribution in [0, 0.1) is 0 Å². The molecule has 0 spiro atoms. The van der Waals surface area contributed by atoms with Crippen LogP contribution in [-0.4, -0.2) is 61.3 Å². The van der Waals surface area contributed by atoms with E-state index < -0.39 is 0 Å². The van der Waals surface area contributed by atoms with Crippen LogP contribution in [-0.2, 0) is 6.54 Å². The second-order valence-electron chi connectivity index (χ2n) is 5.57. The van der Waals surface area contributed by atoms with E-state index in [0.717, 1.165) is 39.3 Å². The lowest BCUT2D eigenvalue weighted by molar-refractivity contribution is 0.0184. The summed E-state index contributed by atoms with van der Waals surface area (Å²) >= 11 is 0. The van der Waals surface area contributed by atoms with Gasteiger partial charge in [-0.2, -0.15) is 0 Å². The Hall–Kier alpha value is -0.970. The highest BCUT2D eigenvalue weighted by atomic mass is 19.1. The fourth-order valence-corrected chi connectivity index (χ4v) is 2.95. The van der Waals surface area contributed by atoms with E-state index in [4.69, 9.17) is 0 Å². The molecule has 4 heteroatoms. The average molecular weight is 263 g/mol. The van der Waals surface area contributed by atoms with Crippen LogP contribution in [0.25, 0.3) is 0 Å². The van der Waals surface area contributed by atoms with E-state index in [2.05, 4.69) is 39.4 Å². The molecule has 2 saturated heterocycles. The molecule has 2 fully saturated rings. The van der Waals surface area contributed by atoms with Crippen LogP contribution in [0.2, 0.25) is 0 Å². The molecule has 0 bridgehead atoms. The van der Waals surface area contributed by atoms with Crippen LogP contribution in [0.5, 0.6) is 0 Å². The van der Waals surface area contributed by atoms with E-state index in [-0.39, 0.29) is 12.7 Å². The molecule has 1 aromatic carbocycles. The molecular formula is C15H22FN3. The highest BCUT2D eigenvalue weighted by molar-refractivity contribution is 5.14. The van der Waals surface area contributed by atoms with Crippen molar-refractivity contribution in [2.75, 3.05) is 39.4 Å². The Kier molecular flexibility index (Phi) is 4.11. The summed E-state index contributed by atoms with van der Waals surface area (Å²) in [5.74, 6) is 0. The van der Waals surface area contributed by atoms with E-state index in [1.165, 1.54) is 5.56 Å². The second kappa shape index (κ2) is 5.99. The second-order valence-corrected chi connectivity index (χ2v) is 5.57. The van der Waals surface area contributed by atoms with E-state index in [0.29, 0.717) is 6.04 Å². The van der Waals surface area contributed by atoms with Gasteiger partial charge in [0, 0.05) is 45.3 Å². The fourth-order valence-electron chi connectivity index (χ4n) is 2.95. The number of hydrogen-bond donors (Lipinski definition) is 1. The van der Waals surface area contributed by atoms with Gasteiger partial charge < -0.3 is 5.32 Å². The Morgan fingerprint density at radius 1 is 1.16 bits per heavy atom. The van der Waals surface area contributed by atoms with Gasteiger partial charge in [0.1, 0.15) is 6.67 Å². The zero-order chi connectivity index (χ0) is 13.1. The molecule has 2 heterocycles. The lowest BCUT2D eigenvalue weighted by atomic mass is 10.1. The molecule has 104 valence electrons. The van der Waals surface area contributed by atoms with Gasteiger partial charge in [0.15, 0.2) is 0 Å². The summed E-state index contributed by atoms with van der Waals surface area (Å²) in [6.07, 6.45) is 0. The minimum atomic E-state index is -0.247. The highest BCUT2D eigenvalue weighted by Crippen LogP contribution is 2.17. The quantitative estimate of drug-likeness (QED) is 0.878. The normalized spacial score (nSPS) is 26.3. The SMILES string of the molecule is FC[C@H]1CN(C2CNC2)CCN1Cc1ccccc1. The van der Waals surface area contributed by atoms with E-state index in [1.807, 2.05) is 6.07 Å². The number of rotatable bonds is 4. The first-order valence-corrected chi connectivity index (χ1v) is 7.15. The first-order valence-electron chi connectivity index (χ1n) is 7.15. The Bertz CT molecular complexity index is 394. The summed E-state index contributed by atoms with van der Waals surface area (Å²) in [5.41, 5.74) is 1.28. The van der Waals surface area contributed by atoms with Crippen molar-refractivity contribution in [3.8, 4) is 0 Å². The molecule has 3 nitrogen and oxygen atoms in total. The van der Waals surface area contributed by atoms with Gasteiger partial charge >= 0.3 is 0 Å². The minimum Gasteiger partial charge on any atom is -0.314 e. The molecule has 3 rings (SSSR count). The van der Waals surface area contributed by atoms with Crippen molar-refractivity contribution in [2.24, 2.45) is 0 Å². The third kappa shape index (κ3) is 2.96. The maximum Gasteiger partial charge on any atom is 0.106 e. The maximum absolute atomic E-state index is 13.3. The van der Waals surface area contributed by atoms with Gasteiger partial charge in [-0.25, -0.2) is 4.39 Å². The third-order valence-electron chi connectivity index (χ3n) is 4.32. The van der Waals surface area contributed by atoms with Crippen molar-refractivity contribution in [2.45, 2.75) is 18.6 Å². The summed E-state index contributed by atoms with van der Waals surface area (Å²) in [5, 5.41) is 3.29. The fraction of sp³-hybridized carbons (Fsp3) is 0.600. The molecule has 0 radical (unpaired) electrons. The Morgan fingerprint density at radius 2 is 1.95 bits per heavy atom. The number of halogens is 1. The molecule has 1 atom stereocenters. The summed E-state index contributed by atoms with van der Waals surface area (Å²) in [6.45, 7) is 5.66. The average Bonchev–Trinajstić information content (AvgIpc) is 2.39. The summed E-state index contributed by atoms with van der Waals surface area (Å²) in [4.78, 5) is 4.74. The highest BCUT2D eigenvalue weighted by Gasteiger charge is 2.32. The van der Waals surface area contributed by atoms with Crippen LogP contribution in [0.3, 0.4) is 0 Å². The molecule has 19 heavy (non-hydrogen) atoms. The van der Waals surface area contributed by atoms with Crippen LogP contribution in [0.15, 0.2) is 30.3 Å². The van der Waals surface area contributed by atoms with Gasteiger partial charge in [-0.15, -0.1) is 0 Å². The first-order chi connectivity index (χ1) is 9.36. The van der Waals surface area contributed by atoms with Crippen molar-refractivity contribution in [1.82, 2.24) is 15.1 Å². The maximum atomic E-state index is 13.3. The van der Waals surface area contributed by atoms with Gasteiger partial charge in [0.05, 0.1) is 6.04 Å². The van der Waals surface area contributed by atoms with Gasteiger partial charge in [-0.1, -0.05) is 30.3 Å². The molecule has 0 aromatic heterocycles. The van der Waals surface area contributed by atoms with Crippen molar-refractivity contribution in [3.05, 3.63) is 35.9 Å². The number of benzene rings is 1. The van der Waals surface area contributed by atoms with Crippen LogP contribution in [0.4, 0.5) is 4.39 Å². The summed E-state index contributed by atoms with van der Waals surface area (Å²) in [6, 6.07) is 11.1.